The number of allylic oxidation sites excluding steroid dienone is 1. The molecular weight excluding hydrogens is 475 g/mol. The fourth-order valence-electron chi connectivity index (χ4n) is 3.02. The van der Waals surface area contributed by atoms with Crippen LogP contribution >= 0.6 is 15.9 Å². The molecule has 8 heteroatoms. The highest BCUT2D eigenvalue weighted by molar-refractivity contribution is 9.10. The Bertz CT molecular complexity index is 1360. The van der Waals surface area contributed by atoms with Crippen molar-refractivity contribution in [3.8, 4) is 11.8 Å². The molecule has 3 aromatic carbocycles. The molecule has 1 aromatic heterocycles. The predicted octanol–water partition coefficient (Wildman–Crippen LogP) is 5.55. The van der Waals surface area contributed by atoms with Crippen molar-refractivity contribution in [3.05, 3.63) is 88.4 Å². The third-order valence-electron chi connectivity index (χ3n) is 4.50. The number of imidazole rings is 1. The van der Waals surface area contributed by atoms with E-state index in [1.54, 1.807) is 42.5 Å². The van der Waals surface area contributed by atoms with E-state index < -0.39 is 0 Å². The lowest BCUT2D eigenvalue weighted by Crippen LogP contribution is -2.20. The highest BCUT2D eigenvalue weighted by atomic mass is 79.9. The molecule has 0 saturated heterocycles. The first kappa shape index (κ1) is 21.3. The number of nitrogens with one attached hydrogen (secondary N) is 2. The van der Waals surface area contributed by atoms with Crippen molar-refractivity contribution in [3.63, 3.8) is 0 Å². The zero-order valence-electron chi connectivity index (χ0n) is 16.6. The molecule has 0 radical (unpaired) electrons. The van der Waals surface area contributed by atoms with E-state index in [1.807, 2.05) is 18.2 Å². The number of carbonyl (C=O) groups is 1. The van der Waals surface area contributed by atoms with Crippen LogP contribution in [0.2, 0.25) is 0 Å². The number of nitrogens with zero attached hydrogens (tertiary/aromatic N) is 2. The molecule has 0 atom stereocenters. The first-order chi connectivity index (χ1) is 15.5. The standard InChI is InChI=1S/C24H16BrFN4O2/c25-19-11-15(6-9-22(19)32-14-23(31)28-18-4-2-1-3-5-18)10-16(13-27)24-29-20-8-7-17(26)12-21(20)30-24/h1-12H,14H2,(H,28,31)(H,29,30)/b16-10-. The zero-order valence-corrected chi connectivity index (χ0v) is 18.2. The predicted molar refractivity (Wildman–Crippen MR) is 124 cm³/mol. The van der Waals surface area contributed by atoms with E-state index in [-0.39, 0.29) is 18.3 Å². The molecule has 0 saturated carbocycles. The maximum absolute atomic E-state index is 13.4. The second-order valence-corrected chi connectivity index (χ2v) is 7.66. The molecule has 0 fully saturated rings. The average Bonchev–Trinajstić information content (AvgIpc) is 3.20. The van der Waals surface area contributed by atoms with Gasteiger partial charge in [0.2, 0.25) is 0 Å². The highest BCUT2D eigenvalue weighted by Crippen LogP contribution is 2.28. The Morgan fingerprint density at radius 2 is 2.00 bits per heavy atom. The van der Waals surface area contributed by atoms with Gasteiger partial charge < -0.3 is 15.0 Å². The minimum atomic E-state index is -0.382. The molecule has 0 aliphatic carbocycles. The van der Waals surface area contributed by atoms with Crippen molar-refractivity contribution in [1.82, 2.24) is 9.97 Å². The summed E-state index contributed by atoms with van der Waals surface area (Å²) >= 11 is 3.43. The van der Waals surface area contributed by atoms with Crippen LogP contribution in [-0.2, 0) is 4.79 Å². The number of carbonyl (C=O) groups excluding carboxylic acids is 1. The van der Waals surface area contributed by atoms with E-state index in [4.69, 9.17) is 4.74 Å². The quantitative estimate of drug-likeness (QED) is 0.346. The maximum atomic E-state index is 13.4. The molecule has 0 spiro atoms. The van der Waals surface area contributed by atoms with Crippen molar-refractivity contribution < 1.29 is 13.9 Å². The van der Waals surface area contributed by atoms with Crippen LogP contribution in [0.25, 0.3) is 22.7 Å². The van der Waals surface area contributed by atoms with Gasteiger partial charge in [0.05, 0.1) is 21.1 Å². The molecule has 4 rings (SSSR count). The lowest BCUT2D eigenvalue weighted by atomic mass is 10.1. The van der Waals surface area contributed by atoms with Gasteiger partial charge in [-0.2, -0.15) is 5.26 Å². The van der Waals surface area contributed by atoms with Gasteiger partial charge in [0.15, 0.2) is 6.61 Å². The minimum Gasteiger partial charge on any atom is -0.483 e. The largest absolute Gasteiger partial charge is 0.483 e. The SMILES string of the molecule is N#C/C(=C/c1ccc(OCC(=O)Nc2ccccc2)c(Br)c1)c1nc2ccc(F)cc2[nH]1. The number of aromatic amines is 1. The molecule has 0 aliphatic rings. The van der Waals surface area contributed by atoms with Crippen molar-refractivity contribution in [2.75, 3.05) is 11.9 Å². The summed E-state index contributed by atoms with van der Waals surface area (Å²) in [7, 11) is 0. The van der Waals surface area contributed by atoms with E-state index in [2.05, 4.69) is 37.3 Å². The summed E-state index contributed by atoms with van der Waals surface area (Å²) in [6.45, 7) is -0.151. The Morgan fingerprint density at radius 3 is 2.75 bits per heavy atom. The van der Waals surface area contributed by atoms with Gasteiger partial charge in [-0.3, -0.25) is 4.79 Å². The minimum absolute atomic E-state index is 0.151. The van der Waals surface area contributed by atoms with Gasteiger partial charge in [0, 0.05) is 5.69 Å². The Kier molecular flexibility index (Phi) is 6.29. The smallest absolute Gasteiger partial charge is 0.262 e. The summed E-state index contributed by atoms with van der Waals surface area (Å²) in [6.07, 6.45) is 1.66. The molecule has 0 unspecified atom stereocenters. The Balaban J connectivity index is 1.47. The fourth-order valence-corrected chi connectivity index (χ4v) is 3.53. The van der Waals surface area contributed by atoms with Gasteiger partial charge in [0.25, 0.3) is 5.91 Å². The van der Waals surface area contributed by atoms with E-state index in [9.17, 15) is 14.4 Å². The van der Waals surface area contributed by atoms with Crippen molar-refractivity contribution in [1.29, 1.82) is 5.26 Å². The van der Waals surface area contributed by atoms with E-state index in [1.165, 1.54) is 12.1 Å². The molecule has 2 N–H and O–H groups in total. The van der Waals surface area contributed by atoms with Crippen LogP contribution in [0.5, 0.6) is 5.75 Å². The number of hydrogen-bond acceptors (Lipinski definition) is 4. The molecule has 1 heterocycles. The zero-order chi connectivity index (χ0) is 22.5. The number of ether oxygens (including phenoxy) is 1. The average molecular weight is 491 g/mol. The molecule has 32 heavy (non-hydrogen) atoms. The number of rotatable bonds is 6. The van der Waals surface area contributed by atoms with Crippen molar-refractivity contribution in [2.24, 2.45) is 0 Å². The highest BCUT2D eigenvalue weighted by Gasteiger charge is 2.10. The molecular formula is C24H16BrFN4O2. The van der Waals surface area contributed by atoms with E-state index in [0.29, 0.717) is 38.3 Å². The summed E-state index contributed by atoms with van der Waals surface area (Å²) in [6, 6.07) is 20.7. The molecule has 6 nitrogen and oxygen atoms in total. The summed E-state index contributed by atoms with van der Waals surface area (Å²) in [5.74, 6) is 0.178. The van der Waals surface area contributed by atoms with Crippen LogP contribution in [0.4, 0.5) is 10.1 Å². The summed E-state index contributed by atoms with van der Waals surface area (Å²) < 4.78 is 19.6. The van der Waals surface area contributed by atoms with Crippen LogP contribution in [0, 0.1) is 17.1 Å². The second kappa shape index (κ2) is 9.45. The molecule has 0 aliphatic heterocycles. The lowest BCUT2D eigenvalue weighted by molar-refractivity contribution is -0.118. The summed E-state index contributed by atoms with van der Waals surface area (Å²) in [5.41, 5.74) is 2.80. The lowest BCUT2D eigenvalue weighted by Gasteiger charge is -2.09. The summed E-state index contributed by atoms with van der Waals surface area (Å²) in [5, 5.41) is 12.3. The number of nitriles is 1. The number of fused-ring (bicyclic) bond motifs is 1. The first-order valence-corrected chi connectivity index (χ1v) is 10.4. The molecule has 4 aromatic rings. The van der Waals surface area contributed by atoms with Crippen molar-refractivity contribution in [2.45, 2.75) is 0 Å². The normalized spacial score (nSPS) is 11.2. The van der Waals surface area contributed by atoms with Gasteiger partial charge in [-0.15, -0.1) is 0 Å². The van der Waals surface area contributed by atoms with Crippen LogP contribution in [0.1, 0.15) is 11.4 Å². The first-order valence-electron chi connectivity index (χ1n) is 9.56. The van der Waals surface area contributed by atoms with Gasteiger partial charge in [-0.1, -0.05) is 24.3 Å². The van der Waals surface area contributed by atoms with Crippen molar-refractivity contribution >= 4 is 50.2 Å². The monoisotopic (exact) mass is 490 g/mol. The van der Waals surface area contributed by atoms with Gasteiger partial charge in [-0.25, -0.2) is 9.37 Å². The van der Waals surface area contributed by atoms with Crippen LogP contribution in [-0.4, -0.2) is 22.5 Å². The van der Waals surface area contributed by atoms with Crippen LogP contribution in [0.3, 0.4) is 0 Å². The Labute approximate surface area is 191 Å². The third kappa shape index (κ3) is 5.02. The number of benzene rings is 3. The van der Waals surface area contributed by atoms with Crippen LogP contribution in [0.15, 0.2) is 71.2 Å². The molecule has 1 amide bonds. The van der Waals surface area contributed by atoms with Crippen LogP contribution < -0.4 is 10.1 Å². The Hall–Kier alpha value is -3.96. The maximum Gasteiger partial charge on any atom is 0.262 e. The molecule has 0 bridgehead atoms. The second-order valence-electron chi connectivity index (χ2n) is 6.81. The number of anilines is 1. The number of halogens is 2. The molecule has 158 valence electrons. The number of para-hydroxylation sites is 1. The number of H-pyrrole nitrogens is 1. The fraction of sp³-hybridized carbons (Fsp3) is 0.0417. The van der Waals surface area contributed by atoms with Gasteiger partial charge >= 0.3 is 0 Å². The number of aromatic nitrogens is 2. The van der Waals surface area contributed by atoms with Gasteiger partial charge in [0.1, 0.15) is 23.5 Å². The third-order valence-corrected chi connectivity index (χ3v) is 5.12. The van der Waals surface area contributed by atoms with E-state index >= 15 is 0 Å². The Morgan fingerprint density at radius 1 is 1.19 bits per heavy atom. The topological polar surface area (TPSA) is 90.8 Å². The summed E-state index contributed by atoms with van der Waals surface area (Å²) in [4.78, 5) is 19.4. The van der Waals surface area contributed by atoms with Gasteiger partial charge in [-0.05, 0) is 70.0 Å². The number of amides is 1. The number of hydrogen-bond donors (Lipinski definition) is 2. The van der Waals surface area contributed by atoms with E-state index in [0.717, 1.165) is 5.56 Å².